The van der Waals surface area contributed by atoms with Crippen LogP contribution in [0.25, 0.3) is 65.9 Å². The lowest BCUT2D eigenvalue weighted by molar-refractivity contribution is -0.660. The molecule has 3 heteroatoms. The van der Waals surface area contributed by atoms with Gasteiger partial charge in [-0.2, -0.15) is 5.26 Å². The summed E-state index contributed by atoms with van der Waals surface area (Å²) in [6.45, 7) is 4.23. The van der Waals surface area contributed by atoms with E-state index in [1.54, 1.807) is 0 Å². The molecule has 0 fully saturated rings. The molecular weight excluding hydrogens is 464 g/mol. The molecule has 180 valence electrons. The fraction of sp³-hybridized carbons (Fsp3) is 0.0857. The van der Waals surface area contributed by atoms with Crippen LogP contribution in [0.15, 0.2) is 102 Å². The van der Waals surface area contributed by atoms with Crippen LogP contribution in [0.4, 0.5) is 0 Å². The van der Waals surface area contributed by atoms with E-state index >= 15 is 0 Å². The molecule has 0 aliphatic rings. The Bertz CT molecular complexity index is 2130. The van der Waals surface area contributed by atoms with Crippen LogP contribution in [-0.2, 0) is 7.05 Å². The normalized spacial score (nSPS) is 11.5. The van der Waals surface area contributed by atoms with Crippen molar-refractivity contribution < 1.29 is 8.98 Å². The molecule has 3 nitrogen and oxygen atoms in total. The van der Waals surface area contributed by atoms with Gasteiger partial charge in [0.1, 0.15) is 18.2 Å². The molecule has 0 saturated heterocycles. The Balaban J connectivity index is 1.55. The van der Waals surface area contributed by atoms with Crippen molar-refractivity contribution >= 4 is 43.5 Å². The average molecular weight is 490 g/mol. The third kappa shape index (κ3) is 3.24. The second-order valence-electron chi connectivity index (χ2n) is 10.1. The zero-order valence-corrected chi connectivity index (χ0v) is 21.5. The summed E-state index contributed by atoms with van der Waals surface area (Å²) >= 11 is 0. The number of aromatic nitrogens is 1. The summed E-state index contributed by atoms with van der Waals surface area (Å²) in [5, 5.41) is 17.0. The summed E-state index contributed by atoms with van der Waals surface area (Å²) < 4.78 is 8.90. The van der Waals surface area contributed by atoms with Gasteiger partial charge in [-0.25, -0.2) is 4.57 Å². The van der Waals surface area contributed by atoms with E-state index in [1.165, 1.54) is 21.7 Å². The number of benzene rings is 5. The van der Waals surface area contributed by atoms with Crippen molar-refractivity contribution in [3.05, 3.63) is 114 Å². The van der Waals surface area contributed by atoms with E-state index in [9.17, 15) is 5.26 Å². The molecule has 2 heterocycles. The molecule has 0 unspecified atom stereocenters. The number of hydrogen-bond acceptors (Lipinski definition) is 2. The Morgan fingerprint density at radius 3 is 2.24 bits per heavy atom. The predicted octanol–water partition coefficient (Wildman–Crippen LogP) is 8.54. The molecule has 0 aliphatic carbocycles. The van der Waals surface area contributed by atoms with E-state index < -0.39 is 0 Å². The quantitative estimate of drug-likeness (QED) is 0.180. The first-order chi connectivity index (χ1) is 18.5. The monoisotopic (exact) mass is 489 g/mol. The van der Waals surface area contributed by atoms with Gasteiger partial charge in [-0.15, -0.1) is 0 Å². The van der Waals surface area contributed by atoms with Gasteiger partial charge in [0.2, 0.25) is 5.69 Å². The molecule has 7 rings (SSSR count). The van der Waals surface area contributed by atoms with Gasteiger partial charge in [-0.1, -0.05) is 60.7 Å². The number of hydrogen-bond donors (Lipinski definition) is 0. The molecule has 0 bridgehead atoms. The lowest BCUT2D eigenvalue weighted by Crippen LogP contribution is -2.30. The lowest BCUT2D eigenvalue weighted by Gasteiger charge is -2.09. The molecule has 2 aromatic heterocycles. The van der Waals surface area contributed by atoms with Crippen molar-refractivity contribution in [3.63, 3.8) is 0 Å². The summed E-state index contributed by atoms with van der Waals surface area (Å²) in [5.41, 5.74) is 8.56. The molecule has 0 N–H and O–H groups in total. The Morgan fingerprint density at radius 2 is 1.39 bits per heavy atom. The third-order valence-corrected chi connectivity index (χ3v) is 7.73. The minimum Gasteiger partial charge on any atom is -0.454 e. The van der Waals surface area contributed by atoms with E-state index in [1.807, 2.05) is 12.1 Å². The second kappa shape index (κ2) is 8.30. The largest absolute Gasteiger partial charge is 0.454 e. The van der Waals surface area contributed by atoms with E-state index in [2.05, 4.69) is 117 Å². The van der Waals surface area contributed by atoms with Gasteiger partial charge in [0.05, 0.1) is 17.2 Å². The molecule has 38 heavy (non-hydrogen) atoms. The number of furan rings is 1. The van der Waals surface area contributed by atoms with Crippen LogP contribution in [0.1, 0.15) is 16.7 Å². The minimum absolute atomic E-state index is 0.607. The third-order valence-electron chi connectivity index (χ3n) is 7.73. The van der Waals surface area contributed by atoms with Crippen LogP contribution in [0, 0.1) is 25.2 Å². The summed E-state index contributed by atoms with van der Waals surface area (Å²) in [5.74, 6) is 0. The minimum atomic E-state index is 0.607. The number of rotatable bonds is 2. The van der Waals surface area contributed by atoms with Gasteiger partial charge >= 0.3 is 0 Å². The van der Waals surface area contributed by atoms with Crippen molar-refractivity contribution in [1.82, 2.24) is 0 Å². The highest BCUT2D eigenvalue weighted by molar-refractivity contribution is 6.15. The zero-order chi connectivity index (χ0) is 26.0. The molecule has 7 aromatic rings. The Labute approximate surface area is 220 Å². The fourth-order valence-electron chi connectivity index (χ4n) is 5.79. The maximum Gasteiger partial charge on any atom is 0.216 e. The van der Waals surface area contributed by atoms with Crippen LogP contribution in [0.5, 0.6) is 0 Å². The highest BCUT2D eigenvalue weighted by atomic mass is 16.3. The van der Waals surface area contributed by atoms with Gasteiger partial charge in [0.15, 0.2) is 6.20 Å². The highest BCUT2D eigenvalue weighted by Gasteiger charge is 2.23. The number of pyridine rings is 1. The maximum absolute atomic E-state index is 10.1. The summed E-state index contributed by atoms with van der Waals surface area (Å²) in [4.78, 5) is 0. The molecule has 5 aromatic carbocycles. The standard InChI is InChI=1S/C35H25N2O/c1-21-16-17-37(3)31(18-21)32-22(2)8-13-29-30-15-12-26(20-36)33(35(30)38-34(29)32)25-11-14-28-24(19-25)10-9-23-6-4-5-7-27(23)28/h4-19H,1-3H3/q+1. The first-order valence-corrected chi connectivity index (χ1v) is 12.8. The van der Waals surface area contributed by atoms with Crippen molar-refractivity contribution in [2.45, 2.75) is 13.8 Å². The van der Waals surface area contributed by atoms with Gasteiger partial charge in [0, 0.05) is 28.5 Å². The number of fused-ring (bicyclic) bond motifs is 6. The predicted molar refractivity (Wildman–Crippen MR) is 155 cm³/mol. The molecule has 0 amide bonds. The highest BCUT2D eigenvalue weighted by Crippen LogP contribution is 2.42. The average Bonchev–Trinajstić information content (AvgIpc) is 3.32. The molecule has 0 saturated carbocycles. The molecule has 0 atom stereocenters. The lowest BCUT2D eigenvalue weighted by atomic mass is 9.93. The number of nitrogens with zero attached hydrogens (tertiary/aromatic N) is 2. The number of nitriles is 1. The van der Waals surface area contributed by atoms with Crippen molar-refractivity contribution in [2.75, 3.05) is 0 Å². The summed E-state index contributed by atoms with van der Waals surface area (Å²) in [6, 6.07) is 34.2. The van der Waals surface area contributed by atoms with E-state index in [0.717, 1.165) is 55.3 Å². The molecular formula is C35H25N2O+. The van der Waals surface area contributed by atoms with Crippen LogP contribution in [0.2, 0.25) is 0 Å². The van der Waals surface area contributed by atoms with E-state index in [0.29, 0.717) is 5.56 Å². The van der Waals surface area contributed by atoms with Crippen LogP contribution >= 0.6 is 0 Å². The van der Waals surface area contributed by atoms with Gasteiger partial charge < -0.3 is 4.42 Å². The topological polar surface area (TPSA) is 40.8 Å². The summed E-state index contributed by atoms with van der Waals surface area (Å²) in [6.07, 6.45) is 2.09. The maximum atomic E-state index is 10.1. The SMILES string of the molecule is Cc1cc[n+](C)c(-c2c(C)ccc3c2oc2c(-c4ccc5c(ccc6ccccc65)c4)c(C#N)ccc23)c1. The van der Waals surface area contributed by atoms with Crippen molar-refractivity contribution in [2.24, 2.45) is 7.05 Å². The smallest absolute Gasteiger partial charge is 0.216 e. The van der Waals surface area contributed by atoms with Gasteiger partial charge in [-0.05, 0) is 70.3 Å². The van der Waals surface area contributed by atoms with Crippen LogP contribution in [-0.4, -0.2) is 0 Å². The van der Waals surface area contributed by atoms with Crippen LogP contribution < -0.4 is 4.57 Å². The second-order valence-corrected chi connectivity index (χ2v) is 10.1. The van der Waals surface area contributed by atoms with Gasteiger partial charge in [-0.3, -0.25) is 0 Å². The molecule has 0 radical (unpaired) electrons. The summed E-state index contributed by atoms with van der Waals surface area (Å²) in [7, 11) is 2.06. The Kier molecular flexibility index (Phi) is 4.86. The van der Waals surface area contributed by atoms with Crippen LogP contribution in [0.3, 0.4) is 0 Å². The first kappa shape index (κ1) is 22.3. The van der Waals surface area contributed by atoms with Gasteiger partial charge in [0.25, 0.3) is 0 Å². The fourth-order valence-corrected chi connectivity index (χ4v) is 5.79. The van der Waals surface area contributed by atoms with E-state index in [4.69, 9.17) is 4.42 Å². The van der Waals surface area contributed by atoms with E-state index in [-0.39, 0.29) is 0 Å². The number of aryl methyl sites for hydroxylation is 3. The Hall–Kier alpha value is -4.94. The first-order valence-electron chi connectivity index (χ1n) is 12.8. The zero-order valence-electron chi connectivity index (χ0n) is 21.5. The molecule has 0 aliphatic heterocycles. The van der Waals surface area contributed by atoms with Crippen molar-refractivity contribution in [3.8, 4) is 28.5 Å². The van der Waals surface area contributed by atoms with Crippen molar-refractivity contribution in [1.29, 1.82) is 5.26 Å². The Morgan fingerprint density at radius 1 is 0.684 bits per heavy atom. The molecule has 0 spiro atoms.